The standard InChI is InChI=1S/C27H32FN3O6/c1-35-25-24(22-13-20(28)7-8-23(22)30-25)26(33)36-16-19-9-11-31(12-10-19)14-21(15-32)29-27(34)37-17-18-5-3-2-4-6-18/h2-8,13,19,21,30,32H,9-12,14-17H2,1H3,(H,29,34). The Bertz CT molecular complexity index is 1190. The second-order valence-electron chi connectivity index (χ2n) is 9.15. The number of carbonyl (C=O) groups excluding carboxylic acids is 2. The Balaban J connectivity index is 1.21. The van der Waals surface area contributed by atoms with Crippen molar-refractivity contribution in [1.82, 2.24) is 15.2 Å². The number of aromatic nitrogens is 1. The zero-order valence-electron chi connectivity index (χ0n) is 20.7. The summed E-state index contributed by atoms with van der Waals surface area (Å²) in [6.45, 7) is 2.16. The number of amides is 1. The van der Waals surface area contributed by atoms with E-state index in [4.69, 9.17) is 14.2 Å². The van der Waals surface area contributed by atoms with Crippen LogP contribution in [0, 0.1) is 11.7 Å². The molecule has 0 radical (unpaired) electrons. The van der Waals surface area contributed by atoms with Gasteiger partial charge in [-0.05, 0) is 55.6 Å². The highest BCUT2D eigenvalue weighted by molar-refractivity contribution is 6.06. The number of halogens is 1. The topological polar surface area (TPSA) is 113 Å². The normalized spacial score (nSPS) is 15.3. The van der Waals surface area contributed by atoms with E-state index in [0.717, 1.165) is 31.5 Å². The van der Waals surface area contributed by atoms with Gasteiger partial charge in [-0.1, -0.05) is 30.3 Å². The number of alkyl carbamates (subject to hydrolysis) is 1. The van der Waals surface area contributed by atoms with Crippen LogP contribution < -0.4 is 10.1 Å². The lowest BCUT2D eigenvalue weighted by Gasteiger charge is -2.33. The summed E-state index contributed by atoms with van der Waals surface area (Å²) in [7, 11) is 1.44. The van der Waals surface area contributed by atoms with E-state index in [-0.39, 0.29) is 37.2 Å². The zero-order valence-corrected chi connectivity index (χ0v) is 20.7. The molecule has 1 aliphatic rings. The Labute approximate surface area is 214 Å². The lowest BCUT2D eigenvalue weighted by molar-refractivity contribution is 0.0361. The minimum Gasteiger partial charge on any atom is -0.482 e. The summed E-state index contributed by atoms with van der Waals surface area (Å²) in [5.74, 6) is -0.597. The van der Waals surface area contributed by atoms with Crippen molar-refractivity contribution in [3.63, 3.8) is 0 Å². The molecular formula is C27H32FN3O6. The van der Waals surface area contributed by atoms with Gasteiger partial charge in [-0.2, -0.15) is 0 Å². The molecule has 10 heteroatoms. The molecule has 1 saturated heterocycles. The molecular weight excluding hydrogens is 481 g/mol. The summed E-state index contributed by atoms with van der Waals surface area (Å²) in [6, 6.07) is 13.1. The van der Waals surface area contributed by atoms with Crippen molar-refractivity contribution in [2.24, 2.45) is 5.92 Å². The second-order valence-corrected chi connectivity index (χ2v) is 9.15. The number of H-pyrrole nitrogens is 1. The molecule has 0 bridgehead atoms. The molecule has 9 nitrogen and oxygen atoms in total. The van der Waals surface area contributed by atoms with Gasteiger partial charge in [0.1, 0.15) is 18.0 Å². The Morgan fingerprint density at radius 3 is 2.62 bits per heavy atom. The van der Waals surface area contributed by atoms with E-state index in [1.807, 2.05) is 30.3 Å². The average Bonchev–Trinajstić information content (AvgIpc) is 3.29. The molecule has 1 aromatic heterocycles. The number of rotatable bonds is 10. The maximum Gasteiger partial charge on any atom is 0.407 e. The predicted octanol–water partition coefficient (Wildman–Crippen LogP) is 3.47. The Morgan fingerprint density at radius 1 is 1.16 bits per heavy atom. The van der Waals surface area contributed by atoms with Crippen molar-refractivity contribution in [2.75, 3.05) is 40.0 Å². The van der Waals surface area contributed by atoms with Gasteiger partial charge in [-0.25, -0.2) is 14.0 Å². The lowest BCUT2D eigenvalue weighted by atomic mass is 9.97. The van der Waals surface area contributed by atoms with E-state index in [9.17, 15) is 19.1 Å². The largest absolute Gasteiger partial charge is 0.482 e. The van der Waals surface area contributed by atoms with E-state index in [1.165, 1.54) is 19.2 Å². The van der Waals surface area contributed by atoms with Crippen LogP contribution >= 0.6 is 0 Å². The molecule has 198 valence electrons. The first kappa shape index (κ1) is 26.4. The minimum atomic E-state index is -0.572. The number of benzene rings is 2. The number of aliphatic hydroxyl groups excluding tert-OH is 1. The number of nitrogens with one attached hydrogen (secondary N) is 2. The third-order valence-electron chi connectivity index (χ3n) is 6.53. The van der Waals surface area contributed by atoms with Gasteiger partial charge in [0.15, 0.2) is 0 Å². The Kier molecular flexibility index (Phi) is 8.97. The van der Waals surface area contributed by atoms with Crippen molar-refractivity contribution in [1.29, 1.82) is 0 Å². The van der Waals surface area contributed by atoms with Crippen LogP contribution in [-0.4, -0.2) is 73.1 Å². The third kappa shape index (κ3) is 6.99. The molecule has 1 aliphatic heterocycles. The molecule has 3 N–H and O–H groups in total. The summed E-state index contributed by atoms with van der Waals surface area (Å²) >= 11 is 0. The van der Waals surface area contributed by atoms with Crippen LogP contribution in [0.1, 0.15) is 28.8 Å². The fourth-order valence-electron chi connectivity index (χ4n) is 4.49. The highest BCUT2D eigenvalue weighted by Crippen LogP contribution is 2.30. The van der Waals surface area contributed by atoms with Crippen molar-refractivity contribution >= 4 is 23.0 Å². The molecule has 1 unspecified atom stereocenters. The number of hydrogen-bond donors (Lipinski definition) is 3. The number of carbonyl (C=O) groups is 2. The number of nitrogens with zero attached hydrogens (tertiary/aromatic N) is 1. The fraction of sp³-hybridized carbons (Fsp3) is 0.407. The van der Waals surface area contributed by atoms with Crippen LogP contribution in [0.15, 0.2) is 48.5 Å². The summed E-state index contributed by atoms with van der Waals surface area (Å²) in [5, 5.41) is 12.9. The number of piperidine rings is 1. The molecule has 3 aromatic rings. The smallest absolute Gasteiger partial charge is 0.407 e. The van der Waals surface area contributed by atoms with Crippen molar-refractivity contribution in [3.8, 4) is 5.88 Å². The van der Waals surface area contributed by atoms with E-state index >= 15 is 0 Å². The summed E-state index contributed by atoms with van der Waals surface area (Å²) < 4.78 is 29.8. The number of esters is 1. The van der Waals surface area contributed by atoms with Crippen LogP contribution in [0.25, 0.3) is 10.9 Å². The molecule has 1 atom stereocenters. The number of likely N-dealkylation sites (tertiary alicyclic amines) is 1. The Morgan fingerprint density at radius 2 is 1.92 bits per heavy atom. The molecule has 1 amide bonds. The van der Waals surface area contributed by atoms with Crippen LogP contribution in [0.5, 0.6) is 5.88 Å². The number of ether oxygens (including phenoxy) is 3. The van der Waals surface area contributed by atoms with Crippen molar-refractivity contribution in [3.05, 3.63) is 65.5 Å². The molecule has 0 spiro atoms. The van der Waals surface area contributed by atoms with Gasteiger partial charge in [-0.15, -0.1) is 0 Å². The number of aromatic amines is 1. The second kappa shape index (κ2) is 12.6. The fourth-order valence-corrected chi connectivity index (χ4v) is 4.49. The van der Waals surface area contributed by atoms with E-state index in [2.05, 4.69) is 15.2 Å². The molecule has 2 heterocycles. The number of fused-ring (bicyclic) bond motifs is 1. The van der Waals surface area contributed by atoms with Gasteiger partial charge in [0.05, 0.1) is 26.4 Å². The van der Waals surface area contributed by atoms with Gasteiger partial charge >= 0.3 is 12.1 Å². The number of aliphatic hydroxyl groups is 1. The number of methoxy groups -OCH3 is 1. The van der Waals surface area contributed by atoms with Crippen molar-refractivity contribution in [2.45, 2.75) is 25.5 Å². The molecule has 0 saturated carbocycles. The van der Waals surface area contributed by atoms with Gasteiger partial charge < -0.3 is 34.5 Å². The highest BCUT2D eigenvalue weighted by Gasteiger charge is 2.26. The first-order valence-electron chi connectivity index (χ1n) is 12.3. The molecule has 37 heavy (non-hydrogen) atoms. The first-order valence-corrected chi connectivity index (χ1v) is 12.3. The monoisotopic (exact) mass is 513 g/mol. The SMILES string of the molecule is COc1[nH]c2ccc(F)cc2c1C(=O)OCC1CCN(CC(CO)NC(=O)OCc2ccccc2)CC1. The molecule has 1 fully saturated rings. The maximum atomic E-state index is 13.7. The Hall–Kier alpha value is -3.63. The summed E-state index contributed by atoms with van der Waals surface area (Å²) in [4.78, 5) is 30.1. The molecule has 4 rings (SSSR count). The van der Waals surface area contributed by atoms with Crippen LogP contribution in [0.3, 0.4) is 0 Å². The summed E-state index contributed by atoms with van der Waals surface area (Å²) in [5.41, 5.74) is 1.66. The minimum absolute atomic E-state index is 0.161. The van der Waals surface area contributed by atoms with Crippen LogP contribution in [-0.2, 0) is 16.1 Å². The van der Waals surface area contributed by atoms with Crippen LogP contribution in [0.4, 0.5) is 9.18 Å². The van der Waals surface area contributed by atoms with Crippen LogP contribution in [0.2, 0.25) is 0 Å². The van der Waals surface area contributed by atoms with Gasteiger partial charge in [0, 0.05) is 17.4 Å². The number of hydrogen-bond acceptors (Lipinski definition) is 7. The third-order valence-corrected chi connectivity index (χ3v) is 6.53. The van der Waals surface area contributed by atoms with Gasteiger partial charge in [0.2, 0.25) is 5.88 Å². The van der Waals surface area contributed by atoms with E-state index < -0.39 is 23.9 Å². The predicted molar refractivity (Wildman–Crippen MR) is 135 cm³/mol. The average molecular weight is 514 g/mol. The lowest BCUT2D eigenvalue weighted by Crippen LogP contribution is -2.48. The quantitative estimate of drug-likeness (QED) is 0.356. The maximum absolute atomic E-state index is 13.7. The molecule has 0 aliphatic carbocycles. The van der Waals surface area contributed by atoms with Gasteiger partial charge in [0.25, 0.3) is 0 Å². The van der Waals surface area contributed by atoms with E-state index in [0.29, 0.717) is 17.4 Å². The summed E-state index contributed by atoms with van der Waals surface area (Å²) in [6.07, 6.45) is 1.02. The van der Waals surface area contributed by atoms with Crippen molar-refractivity contribution < 1.29 is 33.3 Å². The highest BCUT2D eigenvalue weighted by atomic mass is 19.1. The molecule has 2 aromatic carbocycles. The zero-order chi connectivity index (χ0) is 26.2. The first-order chi connectivity index (χ1) is 18.0. The van der Waals surface area contributed by atoms with Gasteiger partial charge in [-0.3, -0.25) is 0 Å². The van der Waals surface area contributed by atoms with E-state index in [1.54, 1.807) is 6.07 Å².